The molecule has 0 saturated heterocycles. The van der Waals surface area contributed by atoms with Crippen LogP contribution >= 0.6 is 0 Å². The van der Waals surface area contributed by atoms with E-state index in [1.165, 1.54) is 77.9 Å². The van der Waals surface area contributed by atoms with E-state index < -0.39 is 0 Å². The Hall–Kier alpha value is -5.66. The third kappa shape index (κ3) is 4.98. The Kier molecular flexibility index (Phi) is 7.03. The molecule has 9 rings (SSSR count). The van der Waals surface area contributed by atoms with Crippen molar-refractivity contribution in [2.24, 2.45) is 0 Å². The van der Waals surface area contributed by atoms with Crippen molar-refractivity contribution >= 4 is 17.1 Å². The quantitative estimate of drug-likeness (QED) is 0.178. The monoisotopic (exact) mass is 657 g/mol. The molecule has 2 aliphatic carbocycles. The number of anilines is 3. The lowest BCUT2D eigenvalue weighted by Crippen LogP contribution is -2.15. The van der Waals surface area contributed by atoms with Crippen molar-refractivity contribution in [1.29, 1.82) is 0 Å². The minimum absolute atomic E-state index is 0.0115. The Labute approximate surface area is 302 Å². The summed E-state index contributed by atoms with van der Waals surface area (Å²) in [6, 6.07) is 56.8. The zero-order chi connectivity index (χ0) is 35.1. The topological polar surface area (TPSA) is 3.24 Å². The van der Waals surface area contributed by atoms with E-state index in [-0.39, 0.29) is 10.8 Å². The van der Waals surface area contributed by atoms with E-state index in [0.717, 1.165) is 17.1 Å². The molecule has 0 fully saturated rings. The van der Waals surface area contributed by atoms with Crippen LogP contribution < -0.4 is 4.90 Å². The van der Waals surface area contributed by atoms with Gasteiger partial charge in [0.15, 0.2) is 0 Å². The molecule has 2 aliphatic rings. The Bertz CT molecular complexity index is 2410. The molecule has 0 aromatic heterocycles. The van der Waals surface area contributed by atoms with E-state index in [1.54, 1.807) is 0 Å². The summed E-state index contributed by atoms with van der Waals surface area (Å²) in [4.78, 5) is 2.34. The first-order valence-corrected chi connectivity index (χ1v) is 18.2. The number of hydrogen-bond donors (Lipinski definition) is 0. The van der Waals surface area contributed by atoms with Crippen LogP contribution in [0.25, 0.3) is 44.5 Å². The third-order valence-corrected chi connectivity index (χ3v) is 11.6. The summed E-state index contributed by atoms with van der Waals surface area (Å²) in [5.74, 6) is 0. The average molecular weight is 658 g/mol. The standard InChI is InChI=1S/C50H43N/c1-32-11-20-38(21-12-32)51(39-22-13-33(2)14-23-39)40-24-15-34(16-25-40)35-17-26-43-44-28-19-37(31-48(44)50(5,6)47(43)29-35)36-18-27-42-41-9-7-8-10-45(41)49(3,4)46(42)30-36/h7-31H,1-6H3. The van der Waals surface area contributed by atoms with Gasteiger partial charge in [-0.15, -0.1) is 0 Å². The summed E-state index contributed by atoms with van der Waals surface area (Å²) in [5, 5.41) is 0. The molecule has 0 aliphatic heterocycles. The first kappa shape index (κ1) is 31.3. The van der Waals surface area contributed by atoms with Crippen LogP contribution in [0.2, 0.25) is 0 Å². The fraction of sp³-hybridized carbons (Fsp3) is 0.160. The molecule has 1 nitrogen and oxygen atoms in total. The molecule has 0 heterocycles. The first-order valence-electron chi connectivity index (χ1n) is 18.2. The molecule has 0 unspecified atom stereocenters. The summed E-state index contributed by atoms with van der Waals surface area (Å²) < 4.78 is 0. The molecule has 0 atom stereocenters. The molecule has 7 aromatic carbocycles. The van der Waals surface area contributed by atoms with Gasteiger partial charge in [-0.1, -0.05) is 136 Å². The van der Waals surface area contributed by atoms with Crippen molar-refractivity contribution in [3.8, 4) is 44.5 Å². The van der Waals surface area contributed by atoms with Gasteiger partial charge in [0.25, 0.3) is 0 Å². The molecule has 0 spiro atoms. The smallest absolute Gasteiger partial charge is 0.0462 e. The average Bonchev–Trinajstić information content (AvgIpc) is 3.52. The number of fused-ring (bicyclic) bond motifs is 6. The lowest BCUT2D eigenvalue weighted by molar-refractivity contribution is 0.659. The second kappa shape index (κ2) is 11.4. The normalized spacial score (nSPS) is 14.4. The summed E-state index contributed by atoms with van der Waals surface area (Å²) in [7, 11) is 0. The van der Waals surface area contributed by atoms with E-state index in [2.05, 4.69) is 198 Å². The summed E-state index contributed by atoms with van der Waals surface area (Å²) in [6.07, 6.45) is 0. The van der Waals surface area contributed by atoms with E-state index in [1.807, 2.05) is 0 Å². The fourth-order valence-electron chi connectivity index (χ4n) is 8.62. The van der Waals surface area contributed by atoms with Crippen LogP contribution in [0.5, 0.6) is 0 Å². The zero-order valence-electron chi connectivity index (χ0n) is 30.4. The predicted octanol–water partition coefficient (Wildman–Crippen LogP) is 13.7. The Balaban J connectivity index is 1.04. The van der Waals surface area contributed by atoms with Gasteiger partial charge in [0, 0.05) is 27.9 Å². The molecule has 1 heteroatoms. The van der Waals surface area contributed by atoms with Crippen molar-refractivity contribution < 1.29 is 0 Å². The number of rotatable bonds is 5. The maximum atomic E-state index is 2.45. The van der Waals surface area contributed by atoms with Crippen LogP contribution in [-0.4, -0.2) is 0 Å². The maximum Gasteiger partial charge on any atom is 0.0462 e. The van der Waals surface area contributed by atoms with Gasteiger partial charge in [-0.3, -0.25) is 0 Å². The first-order chi connectivity index (χ1) is 24.6. The Morgan fingerprint density at radius 2 is 0.667 bits per heavy atom. The molecule has 51 heavy (non-hydrogen) atoms. The van der Waals surface area contributed by atoms with Gasteiger partial charge in [-0.25, -0.2) is 0 Å². The summed E-state index contributed by atoms with van der Waals surface area (Å²) >= 11 is 0. The molecule has 0 bridgehead atoms. The number of hydrogen-bond acceptors (Lipinski definition) is 1. The predicted molar refractivity (Wildman–Crippen MR) is 217 cm³/mol. The Morgan fingerprint density at radius 1 is 0.333 bits per heavy atom. The zero-order valence-corrected chi connectivity index (χ0v) is 30.4. The van der Waals surface area contributed by atoms with E-state index >= 15 is 0 Å². The number of benzene rings is 7. The van der Waals surface area contributed by atoms with E-state index in [0.29, 0.717) is 0 Å². The molecule has 0 radical (unpaired) electrons. The van der Waals surface area contributed by atoms with Gasteiger partial charge in [0.2, 0.25) is 0 Å². The van der Waals surface area contributed by atoms with Gasteiger partial charge >= 0.3 is 0 Å². The summed E-state index contributed by atoms with van der Waals surface area (Å²) in [5.41, 5.74) is 22.0. The van der Waals surface area contributed by atoms with Crippen molar-refractivity contribution in [3.63, 3.8) is 0 Å². The number of aryl methyl sites for hydroxylation is 2. The largest absolute Gasteiger partial charge is 0.311 e. The lowest BCUT2D eigenvalue weighted by Gasteiger charge is -2.26. The molecule has 7 aromatic rings. The van der Waals surface area contributed by atoms with Crippen LogP contribution in [-0.2, 0) is 10.8 Å². The fourth-order valence-corrected chi connectivity index (χ4v) is 8.62. The molecular weight excluding hydrogens is 615 g/mol. The van der Waals surface area contributed by atoms with Crippen molar-refractivity contribution in [3.05, 3.63) is 185 Å². The number of nitrogens with zero attached hydrogens (tertiary/aromatic N) is 1. The van der Waals surface area contributed by atoms with Crippen LogP contribution in [0.3, 0.4) is 0 Å². The van der Waals surface area contributed by atoms with Gasteiger partial charge in [-0.05, 0) is 135 Å². The highest BCUT2D eigenvalue weighted by Gasteiger charge is 2.37. The molecule has 0 amide bonds. The maximum absolute atomic E-state index is 2.45. The van der Waals surface area contributed by atoms with E-state index in [4.69, 9.17) is 0 Å². The van der Waals surface area contributed by atoms with Gasteiger partial charge in [0.1, 0.15) is 0 Å². The summed E-state index contributed by atoms with van der Waals surface area (Å²) in [6.45, 7) is 13.8. The van der Waals surface area contributed by atoms with Crippen molar-refractivity contribution in [1.82, 2.24) is 0 Å². The van der Waals surface area contributed by atoms with Gasteiger partial charge in [0.05, 0.1) is 0 Å². The van der Waals surface area contributed by atoms with Crippen LogP contribution in [0.4, 0.5) is 17.1 Å². The molecule has 0 N–H and O–H groups in total. The van der Waals surface area contributed by atoms with Gasteiger partial charge in [-0.2, -0.15) is 0 Å². The molecule has 0 saturated carbocycles. The van der Waals surface area contributed by atoms with Crippen molar-refractivity contribution in [2.75, 3.05) is 4.90 Å². The molecule has 248 valence electrons. The second-order valence-electron chi connectivity index (χ2n) is 15.6. The van der Waals surface area contributed by atoms with Crippen molar-refractivity contribution in [2.45, 2.75) is 52.4 Å². The third-order valence-electron chi connectivity index (χ3n) is 11.6. The second-order valence-corrected chi connectivity index (χ2v) is 15.6. The molecular formula is C50H43N. The lowest BCUT2D eigenvalue weighted by atomic mass is 9.80. The highest BCUT2D eigenvalue weighted by Crippen LogP contribution is 2.52. The minimum atomic E-state index is -0.115. The SMILES string of the molecule is Cc1ccc(N(c2ccc(C)cc2)c2ccc(-c3ccc4c(c3)C(C)(C)c3cc(-c5ccc6c(c5)C(C)(C)c5ccccc5-6)ccc3-4)cc2)cc1. The highest BCUT2D eigenvalue weighted by atomic mass is 15.1. The minimum Gasteiger partial charge on any atom is -0.311 e. The van der Waals surface area contributed by atoms with Crippen LogP contribution in [0.15, 0.2) is 152 Å². The van der Waals surface area contributed by atoms with E-state index in [9.17, 15) is 0 Å². The Morgan fingerprint density at radius 3 is 1.12 bits per heavy atom. The highest BCUT2D eigenvalue weighted by molar-refractivity contribution is 5.88. The van der Waals surface area contributed by atoms with Crippen LogP contribution in [0.1, 0.15) is 61.1 Å². The van der Waals surface area contributed by atoms with Gasteiger partial charge < -0.3 is 4.90 Å². The van der Waals surface area contributed by atoms with Crippen LogP contribution in [0, 0.1) is 13.8 Å².